The minimum absolute atomic E-state index is 0.193. The maximum Gasteiger partial charge on any atom is 0.0686 e. The minimum atomic E-state index is 0.193. The summed E-state index contributed by atoms with van der Waals surface area (Å²) >= 11 is 0. The highest BCUT2D eigenvalue weighted by molar-refractivity contribution is 5.16. The number of ether oxygens (including phenoxy) is 1. The number of hydrogen-bond donors (Lipinski definition) is 1. The third-order valence-corrected chi connectivity index (χ3v) is 4.98. The van der Waals surface area contributed by atoms with Crippen molar-refractivity contribution in [3.8, 4) is 0 Å². The van der Waals surface area contributed by atoms with Gasteiger partial charge in [0.05, 0.1) is 5.60 Å². The van der Waals surface area contributed by atoms with Gasteiger partial charge in [0.2, 0.25) is 0 Å². The quantitative estimate of drug-likeness (QED) is 0.913. The Balaban J connectivity index is 1.77. The second kappa shape index (κ2) is 6.23. The lowest BCUT2D eigenvalue weighted by Gasteiger charge is -2.41. The van der Waals surface area contributed by atoms with Crippen LogP contribution >= 0.6 is 0 Å². The molecule has 2 heterocycles. The Kier molecular flexibility index (Phi) is 4.37. The molecule has 1 spiro atoms. The van der Waals surface area contributed by atoms with Gasteiger partial charge in [0, 0.05) is 25.0 Å². The van der Waals surface area contributed by atoms with E-state index in [0.29, 0.717) is 12.0 Å². The summed E-state index contributed by atoms with van der Waals surface area (Å²) in [5.74, 6) is 0.672. The summed E-state index contributed by atoms with van der Waals surface area (Å²) in [6.07, 6.45) is 11.4. The molecule has 0 aromatic carbocycles. The van der Waals surface area contributed by atoms with Gasteiger partial charge in [-0.1, -0.05) is 25.8 Å². The van der Waals surface area contributed by atoms with Crippen molar-refractivity contribution in [3.05, 3.63) is 30.1 Å². The van der Waals surface area contributed by atoms with Crippen LogP contribution in [0.3, 0.4) is 0 Å². The van der Waals surface area contributed by atoms with Gasteiger partial charge in [-0.15, -0.1) is 0 Å². The van der Waals surface area contributed by atoms with Crippen molar-refractivity contribution in [2.45, 2.75) is 57.1 Å². The van der Waals surface area contributed by atoms with Crippen molar-refractivity contribution in [1.29, 1.82) is 0 Å². The molecular formula is C17H26N2O. The monoisotopic (exact) mass is 274 g/mol. The molecule has 0 amide bonds. The van der Waals surface area contributed by atoms with Crippen LogP contribution < -0.4 is 5.32 Å². The van der Waals surface area contributed by atoms with E-state index < -0.39 is 0 Å². The topological polar surface area (TPSA) is 34.2 Å². The van der Waals surface area contributed by atoms with Gasteiger partial charge >= 0.3 is 0 Å². The van der Waals surface area contributed by atoms with E-state index in [2.05, 4.69) is 23.3 Å². The fraction of sp³-hybridized carbons (Fsp3) is 0.706. The van der Waals surface area contributed by atoms with E-state index in [9.17, 15) is 0 Å². The lowest BCUT2D eigenvalue weighted by molar-refractivity contribution is -0.0981. The first-order chi connectivity index (χ1) is 9.83. The summed E-state index contributed by atoms with van der Waals surface area (Å²) in [5, 5.41) is 3.68. The first-order valence-corrected chi connectivity index (χ1v) is 8.10. The summed E-state index contributed by atoms with van der Waals surface area (Å²) in [7, 11) is 0. The average Bonchev–Trinajstić information content (AvgIpc) is 2.93. The van der Waals surface area contributed by atoms with E-state index in [4.69, 9.17) is 4.74 Å². The van der Waals surface area contributed by atoms with Crippen molar-refractivity contribution in [2.75, 3.05) is 13.2 Å². The third kappa shape index (κ3) is 2.89. The van der Waals surface area contributed by atoms with Crippen LogP contribution in [0.5, 0.6) is 0 Å². The zero-order valence-electron chi connectivity index (χ0n) is 12.5. The molecule has 1 aromatic rings. The number of aromatic nitrogens is 1. The van der Waals surface area contributed by atoms with Gasteiger partial charge in [-0.25, -0.2) is 0 Å². The van der Waals surface area contributed by atoms with Crippen molar-refractivity contribution in [2.24, 2.45) is 5.92 Å². The Morgan fingerprint density at radius 1 is 1.45 bits per heavy atom. The molecule has 3 nitrogen and oxygen atoms in total. The fourth-order valence-electron chi connectivity index (χ4n) is 4.05. The van der Waals surface area contributed by atoms with Crippen molar-refractivity contribution in [3.63, 3.8) is 0 Å². The standard InChI is InChI=1S/C17H26N2O/c1-2-19-16(15-6-5-10-18-13-15)14-7-11-20-17(12-14)8-3-4-9-17/h5-6,10,13-14,16,19H,2-4,7-9,11-12H2,1H3. The van der Waals surface area contributed by atoms with E-state index in [1.165, 1.54) is 37.7 Å². The molecule has 2 atom stereocenters. The van der Waals surface area contributed by atoms with Crippen molar-refractivity contribution >= 4 is 0 Å². The molecule has 2 aliphatic rings. The lowest BCUT2D eigenvalue weighted by Crippen LogP contribution is -2.42. The largest absolute Gasteiger partial charge is 0.375 e. The molecule has 1 saturated carbocycles. The number of rotatable bonds is 4. The van der Waals surface area contributed by atoms with Crippen LogP contribution in [-0.4, -0.2) is 23.7 Å². The molecule has 1 aliphatic heterocycles. The van der Waals surface area contributed by atoms with E-state index >= 15 is 0 Å². The predicted octanol–water partition coefficient (Wildman–Crippen LogP) is 3.47. The van der Waals surface area contributed by atoms with Gasteiger partial charge < -0.3 is 10.1 Å². The smallest absolute Gasteiger partial charge is 0.0686 e. The zero-order valence-corrected chi connectivity index (χ0v) is 12.5. The van der Waals surface area contributed by atoms with Crippen LogP contribution in [-0.2, 0) is 4.74 Å². The third-order valence-electron chi connectivity index (χ3n) is 4.98. The minimum Gasteiger partial charge on any atom is -0.375 e. The Morgan fingerprint density at radius 3 is 3.00 bits per heavy atom. The summed E-state index contributed by atoms with van der Waals surface area (Å²) in [4.78, 5) is 4.30. The molecule has 3 rings (SSSR count). The number of nitrogens with zero attached hydrogens (tertiary/aromatic N) is 1. The molecule has 2 unspecified atom stereocenters. The van der Waals surface area contributed by atoms with Crippen LogP contribution in [0.4, 0.5) is 0 Å². The maximum atomic E-state index is 6.18. The van der Waals surface area contributed by atoms with Gasteiger partial charge in [-0.3, -0.25) is 4.98 Å². The molecule has 3 heteroatoms. The van der Waals surface area contributed by atoms with E-state index in [1.807, 2.05) is 18.5 Å². The predicted molar refractivity (Wildman–Crippen MR) is 80.5 cm³/mol. The number of pyridine rings is 1. The lowest BCUT2D eigenvalue weighted by atomic mass is 9.79. The Labute approximate surface area is 122 Å². The molecule has 1 N–H and O–H groups in total. The zero-order chi connectivity index (χ0) is 13.8. The first kappa shape index (κ1) is 14.0. The Hall–Kier alpha value is -0.930. The van der Waals surface area contributed by atoms with Gasteiger partial charge in [-0.05, 0) is 49.8 Å². The second-order valence-corrected chi connectivity index (χ2v) is 6.31. The number of nitrogens with one attached hydrogen (secondary N) is 1. The second-order valence-electron chi connectivity index (χ2n) is 6.31. The molecular weight excluding hydrogens is 248 g/mol. The molecule has 1 aliphatic carbocycles. The van der Waals surface area contributed by atoms with Gasteiger partial charge in [0.15, 0.2) is 0 Å². The highest BCUT2D eigenvalue weighted by Gasteiger charge is 2.42. The number of hydrogen-bond acceptors (Lipinski definition) is 3. The van der Waals surface area contributed by atoms with Crippen LogP contribution in [0.1, 0.15) is 57.1 Å². The summed E-state index contributed by atoms with van der Waals surface area (Å²) < 4.78 is 6.18. The van der Waals surface area contributed by atoms with Gasteiger partial charge in [-0.2, -0.15) is 0 Å². The fourth-order valence-corrected chi connectivity index (χ4v) is 4.05. The molecule has 0 radical (unpaired) electrons. The van der Waals surface area contributed by atoms with Crippen LogP contribution in [0.15, 0.2) is 24.5 Å². The first-order valence-electron chi connectivity index (χ1n) is 8.10. The van der Waals surface area contributed by atoms with Gasteiger partial charge in [0.1, 0.15) is 0 Å². The van der Waals surface area contributed by atoms with Crippen molar-refractivity contribution in [1.82, 2.24) is 10.3 Å². The normalized spacial score (nSPS) is 26.8. The summed E-state index contributed by atoms with van der Waals surface area (Å²) in [5.41, 5.74) is 1.52. The SMILES string of the molecule is CCNC(c1cccnc1)C1CCOC2(CCCC2)C1. The molecule has 20 heavy (non-hydrogen) atoms. The molecule has 110 valence electrons. The Bertz CT molecular complexity index is 414. The maximum absolute atomic E-state index is 6.18. The summed E-state index contributed by atoms with van der Waals surface area (Å²) in [6, 6.07) is 4.68. The molecule has 2 fully saturated rings. The van der Waals surface area contributed by atoms with Crippen LogP contribution in [0.25, 0.3) is 0 Å². The van der Waals surface area contributed by atoms with Crippen LogP contribution in [0.2, 0.25) is 0 Å². The average molecular weight is 274 g/mol. The van der Waals surface area contributed by atoms with E-state index in [-0.39, 0.29) is 5.60 Å². The molecule has 1 saturated heterocycles. The highest BCUT2D eigenvalue weighted by Crippen LogP contribution is 2.45. The molecule has 1 aromatic heterocycles. The van der Waals surface area contributed by atoms with Crippen LogP contribution in [0, 0.1) is 5.92 Å². The molecule has 0 bridgehead atoms. The summed E-state index contributed by atoms with van der Waals surface area (Å²) in [6.45, 7) is 4.12. The van der Waals surface area contributed by atoms with Crippen molar-refractivity contribution < 1.29 is 4.74 Å². The van der Waals surface area contributed by atoms with E-state index in [1.54, 1.807) is 0 Å². The Morgan fingerprint density at radius 2 is 2.30 bits per heavy atom. The van der Waals surface area contributed by atoms with E-state index in [0.717, 1.165) is 19.6 Å². The van der Waals surface area contributed by atoms with Gasteiger partial charge in [0.25, 0.3) is 0 Å². The highest BCUT2D eigenvalue weighted by atomic mass is 16.5.